The van der Waals surface area contributed by atoms with Crippen LogP contribution in [0.4, 0.5) is 0 Å². The molecule has 0 amide bonds. The van der Waals surface area contributed by atoms with Gasteiger partial charge in [0.05, 0.1) is 0 Å². The molecule has 0 spiro atoms. The average Bonchev–Trinajstić information content (AvgIpc) is 2.69. The topological polar surface area (TPSA) is 0 Å². The second-order valence-corrected chi connectivity index (χ2v) is 6.87. The maximum atomic E-state index is 4.27. The summed E-state index contributed by atoms with van der Waals surface area (Å²) in [7, 11) is 0.995. The van der Waals surface area contributed by atoms with E-state index in [9.17, 15) is 0 Å². The van der Waals surface area contributed by atoms with E-state index in [0.29, 0.717) is 0 Å². The van der Waals surface area contributed by atoms with Crippen LogP contribution in [0.1, 0.15) is 26.4 Å². The van der Waals surface area contributed by atoms with Gasteiger partial charge in [-0.05, 0) is 46.2 Å². The van der Waals surface area contributed by atoms with Crippen LogP contribution in [-0.4, -0.2) is 7.28 Å². The van der Waals surface area contributed by atoms with E-state index in [1.54, 1.807) is 0 Å². The van der Waals surface area contributed by atoms with E-state index in [0.717, 1.165) is 13.7 Å². The number of benzene rings is 1. The Hall–Kier alpha value is -1.28. The number of thiophene rings is 1. The molecule has 98 valence electrons. The van der Waals surface area contributed by atoms with Crippen molar-refractivity contribution in [3.8, 4) is 0 Å². The maximum Gasteiger partial charge on any atom is 0.187 e. The summed E-state index contributed by atoms with van der Waals surface area (Å²) < 4.78 is 0. The normalized spacial score (nSPS) is 10.5. The summed E-state index contributed by atoms with van der Waals surface area (Å²) in [6.07, 6.45) is 1.01. The van der Waals surface area contributed by atoms with Gasteiger partial charge in [-0.3, -0.25) is 0 Å². The van der Waals surface area contributed by atoms with Crippen LogP contribution >= 0.6 is 11.3 Å². The Labute approximate surface area is 121 Å². The Morgan fingerprint density at radius 1 is 1.11 bits per heavy atom. The van der Waals surface area contributed by atoms with Crippen molar-refractivity contribution in [3.63, 3.8) is 0 Å². The van der Waals surface area contributed by atoms with Gasteiger partial charge in [0.2, 0.25) is 0 Å². The number of aryl methyl sites for hydroxylation is 4. The molecule has 0 nitrogen and oxygen atoms in total. The molecule has 1 heterocycles. The largest absolute Gasteiger partial charge is 0.187 e. The average molecular weight is 268 g/mol. The first-order valence-electron chi connectivity index (χ1n) is 6.74. The summed E-state index contributed by atoms with van der Waals surface area (Å²) in [5, 5.41) is 0. The van der Waals surface area contributed by atoms with Crippen molar-refractivity contribution in [2.45, 2.75) is 34.1 Å². The molecular weight excluding hydrogens is 247 g/mol. The Bertz CT molecular complexity index is 584. The van der Waals surface area contributed by atoms with Crippen molar-refractivity contribution in [1.29, 1.82) is 0 Å². The molecule has 1 aromatic heterocycles. The molecule has 0 fully saturated rings. The van der Waals surface area contributed by atoms with Crippen LogP contribution in [-0.2, 0) is 6.42 Å². The zero-order chi connectivity index (χ0) is 14.0. The minimum absolute atomic E-state index is 0.995. The van der Waals surface area contributed by atoms with E-state index in [-0.39, 0.29) is 0 Å². The predicted octanol–water partition coefficient (Wildman–Crippen LogP) is 3.80. The molecular formula is C17H21BS. The molecule has 0 aliphatic rings. The highest BCUT2D eigenvalue weighted by Crippen LogP contribution is 2.18. The zero-order valence-electron chi connectivity index (χ0n) is 12.3. The van der Waals surface area contributed by atoms with E-state index in [2.05, 4.69) is 58.5 Å². The summed E-state index contributed by atoms with van der Waals surface area (Å²) in [4.78, 5) is 2.80. The highest BCUT2D eigenvalue weighted by molar-refractivity contribution is 7.11. The number of hydrogen-bond acceptors (Lipinski definition) is 1. The standard InChI is InChI=1S/C17H21BS/c1-11-8-12(2)17(13(3)9-11)18-14(4)10-16-7-6-15(5)19-16/h6-9,18H,4,10H2,1-3,5H3. The van der Waals surface area contributed by atoms with Crippen LogP contribution in [0.3, 0.4) is 0 Å². The molecule has 1 aromatic carbocycles. The van der Waals surface area contributed by atoms with Gasteiger partial charge < -0.3 is 0 Å². The van der Waals surface area contributed by atoms with Gasteiger partial charge in [-0.15, -0.1) is 23.4 Å². The lowest BCUT2D eigenvalue weighted by Crippen LogP contribution is -2.23. The molecule has 0 radical (unpaired) electrons. The third-order valence-electron chi connectivity index (χ3n) is 3.49. The van der Waals surface area contributed by atoms with Crippen LogP contribution in [0.25, 0.3) is 0 Å². The first kappa shape index (κ1) is 14.1. The van der Waals surface area contributed by atoms with Crippen molar-refractivity contribution in [1.82, 2.24) is 0 Å². The van der Waals surface area contributed by atoms with Gasteiger partial charge in [0, 0.05) is 9.75 Å². The van der Waals surface area contributed by atoms with Gasteiger partial charge >= 0.3 is 0 Å². The fourth-order valence-electron chi connectivity index (χ4n) is 2.63. The molecule has 2 heteroatoms. The van der Waals surface area contributed by atoms with Gasteiger partial charge in [-0.2, -0.15) is 0 Å². The molecule has 0 N–H and O–H groups in total. The minimum Gasteiger partial charge on any atom is -0.145 e. The first-order valence-corrected chi connectivity index (χ1v) is 7.56. The monoisotopic (exact) mass is 268 g/mol. The van der Waals surface area contributed by atoms with Crippen LogP contribution in [0.15, 0.2) is 36.3 Å². The quantitative estimate of drug-likeness (QED) is 0.740. The zero-order valence-corrected chi connectivity index (χ0v) is 13.2. The van der Waals surface area contributed by atoms with Gasteiger partial charge in [0.25, 0.3) is 0 Å². The summed E-state index contributed by atoms with van der Waals surface area (Å²) in [5.41, 5.74) is 6.88. The van der Waals surface area contributed by atoms with Gasteiger partial charge in [0.15, 0.2) is 7.28 Å². The molecule has 0 saturated heterocycles. The molecule has 0 aliphatic carbocycles. The maximum absolute atomic E-state index is 4.27. The molecule has 2 rings (SSSR count). The third kappa shape index (κ3) is 3.60. The predicted molar refractivity (Wildman–Crippen MR) is 89.3 cm³/mol. The highest BCUT2D eigenvalue weighted by Gasteiger charge is 2.09. The molecule has 0 bridgehead atoms. The van der Waals surface area contributed by atoms with Crippen molar-refractivity contribution in [2.24, 2.45) is 0 Å². The summed E-state index contributed by atoms with van der Waals surface area (Å²) in [6.45, 7) is 13.0. The lowest BCUT2D eigenvalue weighted by molar-refractivity contribution is 1.30. The lowest BCUT2D eigenvalue weighted by atomic mass is 9.60. The summed E-state index contributed by atoms with van der Waals surface area (Å²) in [6, 6.07) is 8.95. The van der Waals surface area contributed by atoms with Gasteiger partial charge in [0.1, 0.15) is 0 Å². The SMILES string of the molecule is C=C(Bc1c(C)cc(C)cc1C)Cc1ccc(C)s1. The van der Waals surface area contributed by atoms with E-state index >= 15 is 0 Å². The van der Waals surface area contributed by atoms with E-state index in [1.807, 2.05) is 11.3 Å². The molecule has 0 aliphatic heterocycles. The Morgan fingerprint density at radius 3 is 2.26 bits per heavy atom. The smallest absolute Gasteiger partial charge is 0.145 e. The fraction of sp³-hybridized carbons (Fsp3) is 0.294. The highest BCUT2D eigenvalue weighted by atomic mass is 32.1. The van der Waals surface area contributed by atoms with Crippen LogP contribution in [0.2, 0.25) is 0 Å². The van der Waals surface area contributed by atoms with Gasteiger partial charge in [-0.25, -0.2) is 0 Å². The number of allylic oxidation sites excluding steroid dienone is 1. The fourth-order valence-corrected chi connectivity index (χ4v) is 3.59. The van der Waals surface area contributed by atoms with Gasteiger partial charge in [-0.1, -0.05) is 34.3 Å². The van der Waals surface area contributed by atoms with E-state index < -0.39 is 0 Å². The Morgan fingerprint density at radius 2 is 1.74 bits per heavy atom. The van der Waals surface area contributed by atoms with E-state index in [4.69, 9.17) is 0 Å². The first-order chi connectivity index (χ1) is 8.95. The third-order valence-corrected chi connectivity index (χ3v) is 4.49. The van der Waals surface area contributed by atoms with Crippen molar-refractivity contribution in [2.75, 3.05) is 0 Å². The molecule has 19 heavy (non-hydrogen) atoms. The Kier molecular flexibility index (Phi) is 4.31. The molecule has 0 saturated carbocycles. The second-order valence-electron chi connectivity index (χ2n) is 5.49. The van der Waals surface area contributed by atoms with Crippen LogP contribution < -0.4 is 5.46 Å². The molecule has 0 unspecified atom stereocenters. The minimum atomic E-state index is 0.995. The summed E-state index contributed by atoms with van der Waals surface area (Å²) in [5.74, 6) is 0. The number of rotatable bonds is 4. The summed E-state index contributed by atoms with van der Waals surface area (Å²) >= 11 is 1.88. The van der Waals surface area contributed by atoms with Crippen LogP contribution in [0.5, 0.6) is 0 Å². The van der Waals surface area contributed by atoms with Crippen LogP contribution in [0, 0.1) is 27.7 Å². The number of hydrogen-bond donors (Lipinski definition) is 0. The molecule has 0 atom stereocenters. The second kappa shape index (κ2) is 5.79. The lowest BCUT2D eigenvalue weighted by Gasteiger charge is -2.11. The van der Waals surface area contributed by atoms with Crippen molar-refractivity contribution in [3.05, 3.63) is 62.8 Å². The molecule has 2 aromatic rings. The van der Waals surface area contributed by atoms with Crippen molar-refractivity contribution < 1.29 is 0 Å². The van der Waals surface area contributed by atoms with E-state index in [1.165, 1.54) is 37.4 Å². The Balaban J connectivity index is 2.11. The van der Waals surface area contributed by atoms with Crippen molar-refractivity contribution >= 4 is 24.1 Å².